The molecule has 0 atom stereocenters. The monoisotopic (exact) mass is 424 g/mol. The van der Waals surface area contributed by atoms with Gasteiger partial charge in [0, 0.05) is 5.69 Å². The first-order valence-corrected chi connectivity index (χ1v) is 11.2. The van der Waals surface area contributed by atoms with Crippen LogP contribution < -0.4 is 14.4 Å². The summed E-state index contributed by atoms with van der Waals surface area (Å²) in [6.07, 6.45) is 2.57. The van der Waals surface area contributed by atoms with Crippen LogP contribution in [0.15, 0.2) is 36.4 Å². The third kappa shape index (κ3) is 5.17. The molecule has 28 heavy (non-hydrogen) atoms. The molecule has 0 heterocycles. The molecule has 0 aromatic heterocycles. The van der Waals surface area contributed by atoms with Gasteiger partial charge in [0.05, 0.1) is 24.1 Å². The molecule has 0 spiro atoms. The minimum atomic E-state index is -3.70. The van der Waals surface area contributed by atoms with Crippen LogP contribution in [0.4, 0.5) is 11.4 Å². The number of rotatable bonds is 8. The average Bonchev–Trinajstić information content (AvgIpc) is 2.65. The molecular formula is C20H25ClN2O4S. The van der Waals surface area contributed by atoms with Gasteiger partial charge in [-0.05, 0) is 42.2 Å². The van der Waals surface area contributed by atoms with Crippen molar-refractivity contribution in [3.63, 3.8) is 0 Å². The number of carbonyl (C=O) groups is 1. The molecule has 6 nitrogen and oxygen atoms in total. The number of ether oxygens (including phenoxy) is 1. The van der Waals surface area contributed by atoms with Crippen molar-refractivity contribution in [3.05, 3.63) is 52.5 Å². The number of hydrogen-bond donors (Lipinski definition) is 1. The predicted octanol–water partition coefficient (Wildman–Crippen LogP) is 3.88. The van der Waals surface area contributed by atoms with E-state index in [2.05, 4.69) is 5.32 Å². The van der Waals surface area contributed by atoms with Crippen LogP contribution in [-0.4, -0.2) is 34.2 Å². The number of benzene rings is 2. The number of para-hydroxylation sites is 1. The lowest BCUT2D eigenvalue weighted by Gasteiger charge is -2.23. The fourth-order valence-corrected chi connectivity index (χ4v) is 4.02. The van der Waals surface area contributed by atoms with Gasteiger partial charge in [-0.1, -0.05) is 43.6 Å². The normalized spacial score (nSPS) is 11.2. The zero-order chi connectivity index (χ0) is 20.9. The lowest BCUT2D eigenvalue weighted by molar-refractivity contribution is -0.114. The molecule has 0 aliphatic heterocycles. The Balaban J connectivity index is 2.32. The molecule has 1 N–H and O–H groups in total. The van der Waals surface area contributed by atoms with E-state index in [-0.39, 0.29) is 11.6 Å². The summed E-state index contributed by atoms with van der Waals surface area (Å²) in [6, 6.07) is 10.4. The molecule has 2 aromatic rings. The summed E-state index contributed by atoms with van der Waals surface area (Å²) in [7, 11) is -2.23. The smallest absolute Gasteiger partial charge is 0.245 e. The molecule has 0 saturated heterocycles. The van der Waals surface area contributed by atoms with Crippen LogP contribution in [0.3, 0.4) is 0 Å². The molecule has 152 valence electrons. The molecule has 2 aromatic carbocycles. The number of carbonyl (C=O) groups excluding carboxylic acids is 1. The first-order valence-electron chi connectivity index (χ1n) is 8.93. The minimum Gasteiger partial charge on any atom is -0.495 e. The zero-order valence-electron chi connectivity index (χ0n) is 16.5. The van der Waals surface area contributed by atoms with Crippen LogP contribution in [0.5, 0.6) is 5.75 Å². The highest BCUT2D eigenvalue weighted by Crippen LogP contribution is 2.30. The molecule has 0 aliphatic rings. The Morgan fingerprint density at radius 3 is 2.21 bits per heavy atom. The second-order valence-electron chi connectivity index (χ2n) is 6.30. The summed E-state index contributed by atoms with van der Waals surface area (Å²) in [6.45, 7) is 3.65. The SMILES string of the molecule is CCc1cccc(CC)c1NC(=O)CN(c1ccc(OC)c(Cl)c1)S(C)(=O)=O. The van der Waals surface area contributed by atoms with E-state index in [4.69, 9.17) is 16.3 Å². The highest BCUT2D eigenvalue weighted by molar-refractivity contribution is 7.92. The van der Waals surface area contributed by atoms with Gasteiger partial charge in [0.2, 0.25) is 15.9 Å². The summed E-state index contributed by atoms with van der Waals surface area (Å²) in [4.78, 5) is 12.7. The topological polar surface area (TPSA) is 75.7 Å². The van der Waals surface area contributed by atoms with Gasteiger partial charge in [0.25, 0.3) is 0 Å². The van der Waals surface area contributed by atoms with Crippen LogP contribution in [0.2, 0.25) is 5.02 Å². The van der Waals surface area contributed by atoms with Crippen molar-refractivity contribution in [1.82, 2.24) is 0 Å². The van der Waals surface area contributed by atoms with E-state index in [0.717, 1.165) is 40.2 Å². The Hall–Kier alpha value is -2.25. The largest absolute Gasteiger partial charge is 0.495 e. The molecular weight excluding hydrogens is 400 g/mol. The van der Waals surface area contributed by atoms with Gasteiger partial charge in [-0.2, -0.15) is 0 Å². The van der Waals surface area contributed by atoms with Crippen LogP contribution in [0.1, 0.15) is 25.0 Å². The van der Waals surface area contributed by atoms with Gasteiger partial charge in [-0.3, -0.25) is 9.10 Å². The van der Waals surface area contributed by atoms with Crippen molar-refractivity contribution in [2.75, 3.05) is 29.5 Å². The summed E-state index contributed by atoms with van der Waals surface area (Å²) in [5, 5.41) is 3.15. The van der Waals surface area contributed by atoms with Gasteiger partial charge in [-0.15, -0.1) is 0 Å². The number of halogens is 1. The predicted molar refractivity (Wildman–Crippen MR) is 114 cm³/mol. The van der Waals surface area contributed by atoms with Gasteiger partial charge in [0.15, 0.2) is 0 Å². The molecule has 0 radical (unpaired) electrons. The fourth-order valence-electron chi connectivity index (χ4n) is 2.92. The Bertz CT molecular complexity index is 938. The number of nitrogens with zero attached hydrogens (tertiary/aromatic N) is 1. The number of sulfonamides is 1. The van der Waals surface area contributed by atoms with Crippen molar-refractivity contribution >= 4 is 38.9 Å². The van der Waals surface area contributed by atoms with Crippen LogP contribution in [0, 0.1) is 0 Å². The highest BCUT2D eigenvalue weighted by Gasteiger charge is 2.22. The Morgan fingerprint density at radius 1 is 1.14 bits per heavy atom. The Labute approximate surface area is 171 Å². The summed E-state index contributed by atoms with van der Waals surface area (Å²) in [5.41, 5.74) is 3.05. The van der Waals surface area contributed by atoms with E-state index in [1.54, 1.807) is 12.1 Å². The average molecular weight is 425 g/mol. The number of nitrogens with one attached hydrogen (secondary N) is 1. The number of anilines is 2. The molecule has 0 fully saturated rings. The molecule has 8 heteroatoms. The zero-order valence-corrected chi connectivity index (χ0v) is 18.0. The minimum absolute atomic E-state index is 0.263. The molecule has 0 unspecified atom stereocenters. The van der Waals surface area contributed by atoms with Crippen molar-refractivity contribution in [1.29, 1.82) is 0 Å². The third-order valence-electron chi connectivity index (χ3n) is 4.37. The van der Waals surface area contributed by atoms with Crippen LogP contribution in [0.25, 0.3) is 0 Å². The number of amides is 1. The summed E-state index contributed by atoms with van der Waals surface area (Å²) >= 11 is 6.12. The Morgan fingerprint density at radius 2 is 1.75 bits per heavy atom. The van der Waals surface area contributed by atoms with E-state index < -0.39 is 15.9 Å². The molecule has 0 aliphatic carbocycles. The van der Waals surface area contributed by atoms with Crippen LogP contribution >= 0.6 is 11.6 Å². The summed E-state index contributed by atoms with van der Waals surface area (Å²) in [5.74, 6) is 0.000690. The van der Waals surface area contributed by atoms with Gasteiger partial charge < -0.3 is 10.1 Å². The highest BCUT2D eigenvalue weighted by atomic mass is 35.5. The first-order chi connectivity index (χ1) is 13.2. The van der Waals surface area contributed by atoms with Crippen molar-refractivity contribution in [2.45, 2.75) is 26.7 Å². The van der Waals surface area contributed by atoms with E-state index in [1.165, 1.54) is 13.2 Å². The lowest BCUT2D eigenvalue weighted by Crippen LogP contribution is -2.37. The van der Waals surface area contributed by atoms with Gasteiger partial charge in [0.1, 0.15) is 12.3 Å². The quantitative estimate of drug-likeness (QED) is 0.697. The van der Waals surface area contributed by atoms with Crippen molar-refractivity contribution in [2.24, 2.45) is 0 Å². The second kappa shape index (κ2) is 9.30. The molecule has 0 bridgehead atoms. The summed E-state index contributed by atoms with van der Waals surface area (Å²) < 4.78 is 30.7. The molecule has 2 rings (SSSR count). The molecule has 0 saturated carbocycles. The van der Waals surface area contributed by atoms with E-state index >= 15 is 0 Å². The fraction of sp³-hybridized carbons (Fsp3) is 0.350. The van der Waals surface area contributed by atoms with E-state index in [9.17, 15) is 13.2 Å². The number of methoxy groups -OCH3 is 1. The maximum Gasteiger partial charge on any atom is 0.245 e. The maximum absolute atomic E-state index is 12.7. The van der Waals surface area contributed by atoms with E-state index in [1.807, 2.05) is 32.0 Å². The van der Waals surface area contributed by atoms with Gasteiger partial charge >= 0.3 is 0 Å². The maximum atomic E-state index is 12.7. The van der Waals surface area contributed by atoms with E-state index in [0.29, 0.717) is 11.4 Å². The third-order valence-corrected chi connectivity index (χ3v) is 5.81. The van der Waals surface area contributed by atoms with Crippen LogP contribution in [-0.2, 0) is 27.7 Å². The standard InChI is InChI=1S/C20H25ClN2O4S/c1-5-14-8-7-9-15(6-2)20(14)22-19(24)13-23(28(4,25)26)16-10-11-18(27-3)17(21)12-16/h7-12H,5-6,13H2,1-4H3,(H,22,24). The Kier molecular flexibility index (Phi) is 7.32. The number of aryl methyl sites for hydroxylation is 2. The first kappa shape index (κ1) is 22.0. The number of hydrogen-bond acceptors (Lipinski definition) is 4. The van der Waals surface area contributed by atoms with Crippen molar-refractivity contribution < 1.29 is 17.9 Å². The van der Waals surface area contributed by atoms with Crippen molar-refractivity contribution in [3.8, 4) is 5.75 Å². The van der Waals surface area contributed by atoms with Gasteiger partial charge in [-0.25, -0.2) is 8.42 Å². The molecule has 1 amide bonds. The second-order valence-corrected chi connectivity index (χ2v) is 8.61. The lowest BCUT2D eigenvalue weighted by atomic mass is 10.0.